The number of aryl methyl sites for hydroxylation is 1. The van der Waals surface area contributed by atoms with Crippen LogP contribution in [0, 0.1) is 6.92 Å². The fraction of sp³-hybridized carbons (Fsp3) is 0.263. The van der Waals surface area contributed by atoms with E-state index in [4.69, 9.17) is 0 Å². The smallest absolute Gasteiger partial charge is 0.376 e. The lowest BCUT2D eigenvalue weighted by Gasteiger charge is -2.18. The first-order valence-electron chi connectivity index (χ1n) is 8.18. The van der Waals surface area contributed by atoms with Gasteiger partial charge in [0, 0.05) is 24.0 Å². The molecule has 0 unspecified atom stereocenters. The van der Waals surface area contributed by atoms with Gasteiger partial charge in [-0.1, -0.05) is 24.3 Å². The molecule has 2 aromatic carbocycles. The molecule has 0 saturated heterocycles. The zero-order chi connectivity index (χ0) is 20.0. The summed E-state index contributed by atoms with van der Waals surface area (Å²) < 4.78 is 36.7. The lowest BCUT2D eigenvalue weighted by atomic mass is 10.1. The molecule has 0 spiro atoms. The Hall–Kier alpha value is -3.03. The number of nitrogens with zero attached hydrogens (tertiary/aromatic N) is 1. The number of nitrogens with one attached hydrogen (secondary N) is 2. The molecule has 0 bridgehead atoms. The second-order valence-electron chi connectivity index (χ2n) is 5.97. The van der Waals surface area contributed by atoms with E-state index >= 15 is 0 Å². The van der Waals surface area contributed by atoms with Crippen molar-refractivity contribution in [2.75, 3.05) is 30.4 Å². The molecule has 2 rings (SSSR count). The quantitative estimate of drug-likeness (QED) is 0.809. The molecule has 0 saturated carbocycles. The van der Waals surface area contributed by atoms with E-state index in [9.17, 15) is 22.8 Å². The van der Waals surface area contributed by atoms with Crippen molar-refractivity contribution in [1.29, 1.82) is 0 Å². The Labute approximate surface area is 155 Å². The van der Waals surface area contributed by atoms with Gasteiger partial charge >= 0.3 is 6.18 Å². The lowest BCUT2D eigenvalue weighted by molar-refractivity contribution is -0.123. The first kappa shape index (κ1) is 20.3. The van der Waals surface area contributed by atoms with Crippen LogP contribution in [0.3, 0.4) is 0 Å². The number of rotatable bonds is 6. The van der Waals surface area contributed by atoms with Crippen LogP contribution >= 0.6 is 0 Å². The third-order valence-electron chi connectivity index (χ3n) is 3.90. The molecule has 27 heavy (non-hydrogen) atoms. The molecule has 2 N–H and O–H groups in total. The summed E-state index contributed by atoms with van der Waals surface area (Å²) in [5, 5.41) is 4.76. The highest BCUT2D eigenvalue weighted by molar-refractivity contribution is 5.97. The Morgan fingerprint density at radius 3 is 2.37 bits per heavy atom. The monoisotopic (exact) mass is 379 g/mol. The van der Waals surface area contributed by atoms with Crippen molar-refractivity contribution < 1.29 is 22.8 Å². The summed E-state index contributed by atoms with van der Waals surface area (Å²) in [6, 6.07) is 13.6. The fourth-order valence-corrected chi connectivity index (χ4v) is 2.32. The standard InChI is InChI=1S/C19H20F3N3O2/c1-13-8-9-14(18(27)24-12-19(20,21)22)10-16(13)23-11-17(26)25(2)15-6-4-3-5-7-15/h3-10,23H,11-12H2,1-2H3,(H,24,27). The lowest BCUT2D eigenvalue weighted by Crippen LogP contribution is -2.34. The second-order valence-corrected chi connectivity index (χ2v) is 5.97. The summed E-state index contributed by atoms with van der Waals surface area (Å²) in [5.74, 6) is -1.03. The first-order valence-corrected chi connectivity index (χ1v) is 8.18. The second kappa shape index (κ2) is 8.57. The van der Waals surface area contributed by atoms with Gasteiger partial charge in [-0.3, -0.25) is 9.59 Å². The van der Waals surface area contributed by atoms with Crippen molar-refractivity contribution in [3.8, 4) is 0 Å². The largest absolute Gasteiger partial charge is 0.405 e. The summed E-state index contributed by atoms with van der Waals surface area (Å²) >= 11 is 0. The SMILES string of the molecule is Cc1ccc(C(=O)NCC(F)(F)F)cc1NCC(=O)N(C)c1ccccc1. The average Bonchev–Trinajstić information content (AvgIpc) is 2.64. The molecule has 0 atom stereocenters. The van der Waals surface area contributed by atoms with E-state index in [1.54, 1.807) is 32.2 Å². The van der Waals surface area contributed by atoms with Crippen LogP contribution in [0.2, 0.25) is 0 Å². The zero-order valence-corrected chi connectivity index (χ0v) is 14.9. The minimum Gasteiger partial charge on any atom is -0.376 e. The average molecular weight is 379 g/mol. The molecule has 8 heteroatoms. The Morgan fingerprint density at radius 1 is 1.07 bits per heavy atom. The van der Waals surface area contributed by atoms with Gasteiger partial charge in [0.15, 0.2) is 0 Å². The van der Waals surface area contributed by atoms with E-state index in [1.807, 2.05) is 23.5 Å². The molecule has 0 heterocycles. The van der Waals surface area contributed by atoms with Gasteiger partial charge in [0.05, 0.1) is 6.54 Å². The Kier molecular flexibility index (Phi) is 6.44. The van der Waals surface area contributed by atoms with Crippen LogP contribution in [0.25, 0.3) is 0 Å². The summed E-state index contributed by atoms with van der Waals surface area (Å²) in [6.07, 6.45) is -4.48. The molecule has 0 aliphatic rings. The van der Waals surface area contributed by atoms with Gasteiger partial charge in [-0.15, -0.1) is 0 Å². The van der Waals surface area contributed by atoms with Gasteiger partial charge in [-0.25, -0.2) is 0 Å². The molecule has 0 fully saturated rings. The number of likely N-dealkylation sites (N-methyl/N-ethyl adjacent to an activating group) is 1. The van der Waals surface area contributed by atoms with Crippen LogP contribution in [0.1, 0.15) is 15.9 Å². The van der Waals surface area contributed by atoms with Gasteiger partial charge in [0.1, 0.15) is 6.54 Å². The topological polar surface area (TPSA) is 61.4 Å². The molecule has 0 radical (unpaired) electrons. The molecular weight excluding hydrogens is 359 g/mol. The Balaban J connectivity index is 2.02. The van der Waals surface area contributed by atoms with Crippen molar-refractivity contribution in [3.05, 3.63) is 59.7 Å². The molecule has 0 aliphatic carbocycles. The summed E-state index contributed by atoms with van der Waals surface area (Å²) in [7, 11) is 1.65. The van der Waals surface area contributed by atoms with Crippen molar-refractivity contribution in [1.82, 2.24) is 5.32 Å². The number of halogens is 3. The maximum atomic E-state index is 12.3. The van der Waals surface area contributed by atoms with Crippen molar-refractivity contribution in [2.45, 2.75) is 13.1 Å². The maximum Gasteiger partial charge on any atom is 0.405 e. The van der Waals surface area contributed by atoms with E-state index in [0.717, 1.165) is 11.3 Å². The van der Waals surface area contributed by atoms with Crippen LogP contribution in [0.15, 0.2) is 48.5 Å². The molecule has 2 amide bonds. The molecule has 5 nitrogen and oxygen atoms in total. The molecule has 144 valence electrons. The number of carbonyl (C=O) groups excluding carboxylic acids is 2. The third kappa shape index (κ3) is 6.02. The van der Waals surface area contributed by atoms with Crippen LogP contribution in [0.4, 0.5) is 24.5 Å². The summed E-state index contributed by atoms with van der Waals surface area (Å²) in [6.45, 7) is 0.341. The van der Waals surface area contributed by atoms with Gasteiger partial charge in [0.2, 0.25) is 5.91 Å². The normalized spacial score (nSPS) is 11.0. The van der Waals surface area contributed by atoms with Gasteiger partial charge in [-0.05, 0) is 36.8 Å². The predicted octanol–water partition coefficient (Wildman–Crippen LogP) is 3.36. The summed E-state index contributed by atoms with van der Waals surface area (Å²) in [4.78, 5) is 25.7. The number of alkyl halides is 3. The number of benzene rings is 2. The maximum absolute atomic E-state index is 12.3. The molecule has 0 aromatic heterocycles. The fourth-order valence-electron chi connectivity index (χ4n) is 2.32. The molecule has 0 aliphatic heterocycles. The van der Waals surface area contributed by atoms with Gasteiger partial charge in [0.25, 0.3) is 5.91 Å². The van der Waals surface area contributed by atoms with Crippen LogP contribution in [0.5, 0.6) is 0 Å². The Morgan fingerprint density at radius 2 is 1.74 bits per heavy atom. The van der Waals surface area contributed by atoms with E-state index in [-0.39, 0.29) is 18.0 Å². The first-order chi connectivity index (χ1) is 12.7. The van der Waals surface area contributed by atoms with Crippen LogP contribution in [-0.4, -0.2) is 38.1 Å². The highest BCUT2D eigenvalue weighted by atomic mass is 19.4. The van der Waals surface area contributed by atoms with Crippen LogP contribution < -0.4 is 15.5 Å². The zero-order valence-electron chi connectivity index (χ0n) is 14.9. The highest BCUT2D eigenvalue weighted by Gasteiger charge is 2.28. The highest BCUT2D eigenvalue weighted by Crippen LogP contribution is 2.18. The minimum atomic E-state index is -4.48. The van der Waals surface area contributed by atoms with Crippen LogP contribution in [-0.2, 0) is 4.79 Å². The van der Waals surface area contributed by atoms with E-state index in [0.29, 0.717) is 5.69 Å². The number of anilines is 2. The number of amides is 2. The predicted molar refractivity (Wildman–Crippen MR) is 97.9 cm³/mol. The Bertz CT molecular complexity index is 808. The van der Waals surface area contributed by atoms with E-state index in [1.165, 1.54) is 17.0 Å². The van der Waals surface area contributed by atoms with Crippen molar-refractivity contribution in [2.24, 2.45) is 0 Å². The van der Waals surface area contributed by atoms with Gasteiger partial charge in [-0.2, -0.15) is 13.2 Å². The number of hydrogen-bond acceptors (Lipinski definition) is 3. The van der Waals surface area contributed by atoms with E-state index < -0.39 is 18.6 Å². The van der Waals surface area contributed by atoms with E-state index in [2.05, 4.69) is 5.32 Å². The molecule has 2 aromatic rings. The number of carbonyl (C=O) groups is 2. The number of hydrogen-bond donors (Lipinski definition) is 2. The summed E-state index contributed by atoms with van der Waals surface area (Å²) in [5.41, 5.74) is 2.08. The molecular formula is C19H20F3N3O2. The minimum absolute atomic E-state index is 0.0279. The number of para-hydroxylation sites is 1. The third-order valence-corrected chi connectivity index (χ3v) is 3.90. The van der Waals surface area contributed by atoms with Crippen molar-refractivity contribution in [3.63, 3.8) is 0 Å². The van der Waals surface area contributed by atoms with Gasteiger partial charge < -0.3 is 15.5 Å². The van der Waals surface area contributed by atoms with Crippen molar-refractivity contribution >= 4 is 23.2 Å².